The van der Waals surface area contributed by atoms with Crippen molar-refractivity contribution in [2.75, 3.05) is 20.3 Å². The smallest absolute Gasteiger partial charge is 0.220 e. The van der Waals surface area contributed by atoms with Crippen molar-refractivity contribution in [3.05, 3.63) is 70.4 Å². The van der Waals surface area contributed by atoms with Crippen LogP contribution in [0.25, 0.3) is 16.9 Å². The number of nitrogens with one attached hydrogen (secondary N) is 1. The molecule has 2 aromatic carbocycles. The predicted molar refractivity (Wildman–Crippen MR) is 137 cm³/mol. The van der Waals surface area contributed by atoms with Crippen LogP contribution in [-0.2, 0) is 28.8 Å². The number of fused-ring (bicyclic) bond motifs is 3. The summed E-state index contributed by atoms with van der Waals surface area (Å²) in [4.78, 5) is 12.6. The van der Waals surface area contributed by atoms with Crippen molar-refractivity contribution in [3.8, 4) is 22.7 Å². The number of rotatable bonds is 10. The minimum atomic E-state index is 0.0544. The lowest BCUT2D eigenvalue weighted by atomic mass is 9.90. The summed E-state index contributed by atoms with van der Waals surface area (Å²) in [6.45, 7) is 5.31. The van der Waals surface area contributed by atoms with Crippen molar-refractivity contribution in [1.82, 2.24) is 9.88 Å². The highest BCUT2D eigenvalue weighted by atomic mass is 35.5. The maximum Gasteiger partial charge on any atom is 0.220 e. The molecule has 6 heteroatoms. The van der Waals surface area contributed by atoms with Gasteiger partial charge in [0.25, 0.3) is 0 Å². The second-order valence-electron chi connectivity index (χ2n) is 8.94. The van der Waals surface area contributed by atoms with E-state index < -0.39 is 0 Å². The number of ether oxygens (including phenoxy) is 2. The molecule has 0 saturated heterocycles. The average Bonchev–Trinajstić information content (AvgIpc) is 3.21. The molecule has 180 valence electrons. The summed E-state index contributed by atoms with van der Waals surface area (Å²) in [7, 11) is 1.66. The first-order chi connectivity index (χ1) is 16.5. The van der Waals surface area contributed by atoms with Gasteiger partial charge in [-0.1, -0.05) is 35.9 Å². The number of benzene rings is 2. The van der Waals surface area contributed by atoms with E-state index in [1.54, 1.807) is 7.11 Å². The van der Waals surface area contributed by atoms with Crippen LogP contribution in [0.4, 0.5) is 0 Å². The number of nitrogens with zero attached hydrogens (tertiary/aromatic N) is 1. The van der Waals surface area contributed by atoms with E-state index in [2.05, 4.69) is 40.2 Å². The van der Waals surface area contributed by atoms with Gasteiger partial charge in [-0.3, -0.25) is 4.79 Å². The van der Waals surface area contributed by atoms with Crippen LogP contribution >= 0.6 is 11.6 Å². The molecule has 0 fully saturated rings. The SMILES string of the molecule is COc1cc(Cl)ccc1-n1c(CCC(=O)NCCCOC(C)C)cc2c1-c1ccccc1CC2. The van der Waals surface area contributed by atoms with Crippen LogP contribution in [0.15, 0.2) is 48.5 Å². The van der Waals surface area contributed by atoms with E-state index in [0.717, 1.165) is 30.6 Å². The normalized spacial score (nSPS) is 12.4. The van der Waals surface area contributed by atoms with Gasteiger partial charge in [-0.05, 0) is 68.9 Å². The van der Waals surface area contributed by atoms with Crippen molar-refractivity contribution in [1.29, 1.82) is 0 Å². The highest BCUT2D eigenvalue weighted by Gasteiger charge is 2.25. The van der Waals surface area contributed by atoms with E-state index in [9.17, 15) is 4.79 Å². The molecule has 1 heterocycles. The molecule has 3 aromatic rings. The highest BCUT2D eigenvalue weighted by Crippen LogP contribution is 2.40. The second-order valence-corrected chi connectivity index (χ2v) is 9.38. The molecular weight excluding hydrogens is 448 g/mol. The molecule has 0 aliphatic heterocycles. The lowest BCUT2D eigenvalue weighted by molar-refractivity contribution is -0.121. The Morgan fingerprint density at radius 2 is 1.91 bits per heavy atom. The van der Waals surface area contributed by atoms with E-state index in [-0.39, 0.29) is 12.0 Å². The fraction of sp³-hybridized carbons (Fsp3) is 0.393. The van der Waals surface area contributed by atoms with Crippen molar-refractivity contribution in [2.45, 2.75) is 52.1 Å². The monoisotopic (exact) mass is 480 g/mol. The molecule has 1 N–H and O–H groups in total. The van der Waals surface area contributed by atoms with Gasteiger partial charge in [-0.25, -0.2) is 0 Å². The fourth-order valence-corrected chi connectivity index (χ4v) is 4.75. The van der Waals surface area contributed by atoms with Gasteiger partial charge in [0.15, 0.2) is 0 Å². The molecule has 1 aromatic heterocycles. The molecule has 1 aliphatic carbocycles. The van der Waals surface area contributed by atoms with Crippen LogP contribution in [0.2, 0.25) is 5.02 Å². The molecule has 0 atom stereocenters. The zero-order valence-electron chi connectivity index (χ0n) is 20.2. The van der Waals surface area contributed by atoms with E-state index in [1.807, 2.05) is 32.0 Å². The molecule has 0 unspecified atom stereocenters. The Balaban J connectivity index is 1.60. The van der Waals surface area contributed by atoms with Crippen LogP contribution in [0, 0.1) is 0 Å². The summed E-state index contributed by atoms with van der Waals surface area (Å²) < 4.78 is 13.5. The third-order valence-corrected chi connectivity index (χ3v) is 6.41. The number of halogens is 1. The van der Waals surface area contributed by atoms with Crippen LogP contribution in [0.1, 0.15) is 43.5 Å². The van der Waals surface area contributed by atoms with Crippen LogP contribution in [0.5, 0.6) is 5.75 Å². The van der Waals surface area contributed by atoms with Gasteiger partial charge >= 0.3 is 0 Å². The molecule has 4 rings (SSSR count). The molecule has 5 nitrogen and oxygen atoms in total. The van der Waals surface area contributed by atoms with E-state index in [4.69, 9.17) is 21.1 Å². The lowest BCUT2D eigenvalue weighted by Crippen LogP contribution is -2.26. The summed E-state index contributed by atoms with van der Waals surface area (Å²) in [5.41, 5.74) is 7.10. The summed E-state index contributed by atoms with van der Waals surface area (Å²) >= 11 is 6.26. The Hall–Kier alpha value is -2.76. The van der Waals surface area contributed by atoms with Crippen molar-refractivity contribution in [2.24, 2.45) is 0 Å². The number of methoxy groups -OCH3 is 1. The number of carbonyl (C=O) groups excluding carboxylic acids is 1. The number of carbonyl (C=O) groups is 1. The number of hydrogen-bond donors (Lipinski definition) is 1. The highest BCUT2D eigenvalue weighted by molar-refractivity contribution is 6.30. The molecule has 0 saturated carbocycles. The first-order valence-corrected chi connectivity index (χ1v) is 12.4. The average molecular weight is 481 g/mol. The van der Waals surface area contributed by atoms with Crippen LogP contribution < -0.4 is 10.1 Å². The predicted octanol–water partition coefficient (Wildman–Crippen LogP) is 5.77. The number of aryl methyl sites for hydroxylation is 3. The number of amides is 1. The van der Waals surface area contributed by atoms with Gasteiger partial charge in [0.05, 0.1) is 24.6 Å². The van der Waals surface area contributed by atoms with Gasteiger partial charge in [-0.15, -0.1) is 0 Å². The number of aromatic nitrogens is 1. The summed E-state index contributed by atoms with van der Waals surface area (Å²) in [6, 6.07) is 16.5. The summed E-state index contributed by atoms with van der Waals surface area (Å²) in [6.07, 6.45) is 4.08. The number of hydrogen-bond acceptors (Lipinski definition) is 3. The zero-order chi connectivity index (χ0) is 24.1. The fourth-order valence-electron chi connectivity index (χ4n) is 4.59. The molecule has 0 radical (unpaired) electrons. The van der Waals surface area contributed by atoms with Crippen LogP contribution in [-0.4, -0.2) is 36.8 Å². The van der Waals surface area contributed by atoms with Crippen LogP contribution in [0.3, 0.4) is 0 Å². The van der Waals surface area contributed by atoms with E-state index >= 15 is 0 Å². The second kappa shape index (κ2) is 11.1. The van der Waals surface area contributed by atoms with Gasteiger partial charge in [0.1, 0.15) is 5.75 Å². The van der Waals surface area contributed by atoms with Gasteiger partial charge in [0.2, 0.25) is 5.91 Å². The molecule has 0 spiro atoms. The van der Waals surface area contributed by atoms with Gasteiger partial charge in [0, 0.05) is 41.9 Å². The van der Waals surface area contributed by atoms with Gasteiger partial charge in [-0.2, -0.15) is 0 Å². The minimum Gasteiger partial charge on any atom is -0.495 e. The molecule has 34 heavy (non-hydrogen) atoms. The minimum absolute atomic E-state index is 0.0544. The summed E-state index contributed by atoms with van der Waals surface area (Å²) in [5.74, 6) is 0.767. The Kier molecular flexibility index (Phi) is 7.96. The molecule has 0 bridgehead atoms. The maximum atomic E-state index is 12.6. The summed E-state index contributed by atoms with van der Waals surface area (Å²) in [5, 5.41) is 3.65. The Morgan fingerprint density at radius 1 is 1.12 bits per heavy atom. The zero-order valence-corrected chi connectivity index (χ0v) is 21.0. The molecule has 1 amide bonds. The quantitative estimate of drug-likeness (QED) is 0.375. The largest absolute Gasteiger partial charge is 0.495 e. The van der Waals surface area contributed by atoms with Crippen molar-refractivity contribution < 1.29 is 14.3 Å². The topological polar surface area (TPSA) is 52.5 Å². The molecular formula is C28H33ClN2O3. The van der Waals surface area contributed by atoms with Crippen molar-refractivity contribution in [3.63, 3.8) is 0 Å². The first kappa shape index (κ1) is 24.4. The maximum absolute atomic E-state index is 12.6. The lowest BCUT2D eigenvalue weighted by Gasteiger charge is -2.22. The third-order valence-electron chi connectivity index (χ3n) is 6.18. The standard InChI is InChI=1S/C28H33ClN2O3/c1-19(2)34-16-6-15-30-27(32)14-12-23-17-21-10-9-20-7-4-5-8-24(20)28(21)31(23)25-13-11-22(29)18-26(25)33-3/h4-5,7-8,11,13,17-19H,6,9-10,12,14-16H2,1-3H3,(H,30,32). The van der Waals surface area contributed by atoms with Crippen molar-refractivity contribution >= 4 is 17.5 Å². The third kappa shape index (κ3) is 5.48. The Morgan fingerprint density at radius 3 is 2.71 bits per heavy atom. The van der Waals surface area contributed by atoms with E-state index in [1.165, 1.54) is 22.4 Å². The first-order valence-electron chi connectivity index (χ1n) is 12.0. The Bertz CT molecular complexity index is 1150. The molecule has 1 aliphatic rings. The Labute approximate surface area is 207 Å². The van der Waals surface area contributed by atoms with Gasteiger partial charge < -0.3 is 19.4 Å². The van der Waals surface area contributed by atoms with E-state index in [0.29, 0.717) is 36.8 Å².